The summed E-state index contributed by atoms with van der Waals surface area (Å²) >= 11 is 3.50. The maximum Gasteiger partial charge on any atom is 0.391 e. The van der Waals surface area contributed by atoms with Crippen molar-refractivity contribution in [3.05, 3.63) is 110 Å². The average molecular weight is 503 g/mol. The minimum Gasteiger partial charge on any atom is -0.421 e. The topological polar surface area (TPSA) is 74.4 Å². The third-order valence-electron chi connectivity index (χ3n) is 6.98. The number of para-hydroxylation sites is 1. The van der Waals surface area contributed by atoms with E-state index in [2.05, 4.69) is 32.6 Å². The van der Waals surface area contributed by atoms with E-state index in [0.29, 0.717) is 24.3 Å². The van der Waals surface area contributed by atoms with Gasteiger partial charge in [-0.3, -0.25) is 10.1 Å². The number of carbonyl (C=O) groups is 1. The molecule has 33 heavy (non-hydrogen) atoms. The summed E-state index contributed by atoms with van der Waals surface area (Å²) in [4.78, 5) is 25.3. The second-order valence-corrected chi connectivity index (χ2v) is 9.55. The Hall–Kier alpha value is -3.45. The van der Waals surface area contributed by atoms with E-state index in [4.69, 9.17) is 4.74 Å². The van der Waals surface area contributed by atoms with Crippen molar-refractivity contribution in [3.8, 4) is 5.75 Å². The van der Waals surface area contributed by atoms with Crippen LogP contribution in [0.5, 0.6) is 5.75 Å². The molecule has 2 aliphatic rings. The Balaban J connectivity index is 1.67. The van der Waals surface area contributed by atoms with Gasteiger partial charge in [-0.1, -0.05) is 64.5 Å². The second-order valence-electron chi connectivity index (χ2n) is 8.64. The van der Waals surface area contributed by atoms with Crippen LogP contribution in [-0.4, -0.2) is 21.0 Å². The number of fused-ring (bicyclic) bond motifs is 7. The van der Waals surface area contributed by atoms with Crippen molar-refractivity contribution in [2.75, 3.05) is 0 Å². The van der Waals surface area contributed by atoms with Crippen molar-refractivity contribution in [3.63, 3.8) is 0 Å². The summed E-state index contributed by atoms with van der Waals surface area (Å²) in [5, 5.41) is 13.5. The molecule has 0 fully saturated rings. The van der Waals surface area contributed by atoms with Gasteiger partial charge in [-0.15, -0.1) is 0 Å². The highest BCUT2D eigenvalue weighted by Gasteiger charge is 2.65. The van der Waals surface area contributed by atoms with Gasteiger partial charge in [-0.25, -0.2) is 4.79 Å². The fourth-order valence-electron chi connectivity index (χ4n) is 5.54. The first-order chi connectivity index (χ1) is 16.0. The summed E-state index contributed by atoms with van der Waals surface area (Å²) in [7, 11) is 0. The number of carbonyl (C=O) groups excluding carboxylic acids is 1. The molecular formula is C26H19BrN2O4. The molecule has 2 atom stereocenters. The number of aromatic nitrogens is 1. The van der Waals surface area contributed by atoms with E-state index in [1.165, 1.54) is 0 Å². The smallest absolute Gasteiger partial charge is 0.391 e. The van der Waals surface area contributed by atoms with Gasteiger partial charge in [-0.05, 0) is 41.8 Å². The van der Waals surface area contributed by atoms with Gasteiger partial charge in [0.25, 0.3) is 0 Å². The molecule has 1 aliphatic carbocycles. The zero-order valence-corrected chi connectivity index (χ0v) is 19.1. The molecule has 0 N–H and O–H groups in total. The van der Waals surface area contributed by atoms with Crippen molar-refractivity contribution >= 4 is 32.8 Å². The SMILES string of the molecule is O=C1Oc2ccc(Br)cc2[C@H]2c3c(n(Cc4ccccc4)c4ccccc34)CC[C@@]12[N+](=O)[O-]. The molecule has 0 radical (unpaired) electrons. The molecule has 4 aromatic rings. The van der Waals surface area contributed by atoms with Crippen LogP contribution in [0.15, 0.2) is 77.3 Å². The maximum atomic E-state index is 13.2. The van der Waals surface area contributed by atoms with Gasteiger partial charge in [0, 0.05) is 44.5 Å². The minimum absolute atomic E-state index is 0.0908. The number of esters is 1. The third kappa shape index (κ3) is 2.82. The van der Waals surface area contributed by atoms with Gasteiger partial charge in [-0.2, -0.15) is 0 Å². The fourth-order valence-corrected chi connectivity index (χ4v) is 5.92. The number of benzene rings is 3. The lowest BCUT2D eigenvalue weighted by Crippen LogP contribution is -2.58. The second kappa shape index (κ2) is 7.28. The molecule has 0 spiro atoms. The number of rotatable bonds is 3. The molecule has 6 nitrogen and oxygen atoms in total. The zero-order chi connectivity index (χ0) is 22.7. The summed E-state index contributed by atoms with van der Waals surface area (Å²) in [6, 6.07) is 23.5. The van der Waals surface area contributed by atoms with E-state index in [1.54, 1.807) is 12.1 Å². The van der Waals surface area contributed by atoms with Crippen LogP contribution in [0.1, 0.15) is 34.7 Å². The summed E-state index contributed by atoms with van der Waals surface area (Å²) in [5.74, 6) is -1.12. The summed E-state index contributed by atoms with van der Waals surface area (Å²) in [6.07, 6.45) is 0.514. The Morgan fingerprint density at radius 2 is 1.85 bits per heavy atom. The van der Waals surface area contributed by atoms with Crippen LogP contribution >= 0.6 is 15.9 Å². The Bertz CT molecular complexity index is 1450. The lowest BCUT2D eigenvalue weighted by atomic mass is 9.66. The third-order valence-corrected chi connectivity index (χ3v) is 7.47. The normalized spacial score (nSPS) is 21.1. The van der Waals surface area contributed by atoms with Crippen LogP contribution in [0.3, 0.4) is 0 Å². The van der Waals surface area contributed by atoms with Crippen molar-refractivity contribution in [2.45, 2.75) is 30.8 Å². The van der Waals surface area contributed by atoms with Crippen molar-refractivity contribution in [1.82, 2.24) is 4.57 Å². The zero-order valence-electron chi connectivity index (χ0n) is 17.5. The van der Waals surface area contributed by atoms with E-state index >= 15 is 0 Å². The average Bonchev–Trinajstić information content (AvgIpc) is 3.13. The van der Waals surface area contributed by atoms with Gasteiger partial charge in [0.05, 0.1) is 5.92 Å². The molecular weight excluding hydrogens is 484 g/mol. The van der Waals surface area contributed by atoms with Gasteiger partial charge in [0.15, 0.2) is 0 Å². The number of nitro groups is 1. The lowest BCUT2D eigenvalue weighted by Gasteiger charge is -2.39. The van der Waals surface area contributed by atoms with Crippen molar-refractivity contribution in [1.29, 1.82) is 0 Å². The van der Waals surface area contributed by atoms with Gasteiger partial charge in [0.2, 0.25) is 0 Å². The summed E-state index contributed by atoms with van der Waals surface area (Å²) < 4.78 is 8.58. The molecule has 2 heterocycles. The predicted octanol–water partition coefficient (Wildman–Crippen LogP) is 5.46. The van der Waals surface area contributed by atoms with E-state index in [9.17, 15) is 14.9 Å². The molecule has 1 aromatic heterocycles. The molecule has 0 saturated heterocycles. The van der Waals surface area contributed by atoms with Gasteiger partial charge < -0.3 is 9.30 Å². The summed E-state index contributed by atoms with van der Waals surface area (Å²) in [6.45, 7) is 0.657. The van der Waals surface area contributed by atoms with E-state index in [-0.39, 0.29) is 6.42 Å². The first-order valence-corrected chi connectivity index (χ1v) is 11.6. The van der Waals surface area contributed by atoms with Crippen molar-refractivity contribution in [2.24, 2.45) is 0 Å². The first kappa shape index (κ1) is 20.2. The standard InChI is InChI=1S/C26H19BrN2O4/c27-17-10-11-22-19(14-17)24-23-18-8-4-5-9-20(18)28(15-16-6-2-1-3-7-16)21(23)12-13-26(24,29(31)32)25(30)33-22/h1-11,14,24H,12-13,15H2/t24-,26-/m0/s1. The van der Waals surface area contributed by atoms with Crippen LogP contribution in [-0.2, 0) is 17.8 Å². The Morgan fingerprint density at radius 3 is 2.64 bits per heavy atom. The quantitative estimate of drug-likeness (QED) is 0.161. The molecule has 1 aliphatic heterocycles. The number of hydrogen-bond donors (Lipinski definition) is 0. The van der Waals surface area contributed by atoms with Crippen LogP contribution < -0.4 is 4.74 Å². The molecule has 164 valence electrons. The maximum absolute atomic E-state index is 13.2. The summed E-state index contributed by atoms with van der Waals surface area (Å²) in [5.41, 5.74) is 2.90. The monoisotopic (exact) mass is 502 g/mol. The Kier molecular flexibility index (Phi) is 4.45. The minimum atomic E-state index is -1.84. The molecule has 3 aromatic carbocycles. The van der Waals surface area contributed by atoms with Gasteiger partial charge >= 0.3 is 11.5 Å². The molecule has 0 saturated carbocycles. The van der Waals surface area contributed by atoms with Crippen LogP contribution in [0.2, 0.25) is 0 Å². The highest BCUT2D eigenvalue weighted by Crippen LogP contribution is 2.54. The number of hydrogen-bond acceptors (Lipinski definition) is 4. The number of halogens is 1. The molecule has 0 amide bonds. The Morgan fingerprint density at radius 1 is 1.09 bits per heavy atom. The van der Waals surface area contributed by atoms with Crippen LogP contribution in [0.25, 0.3) is 10.9 Å². The largest absolute Gasteiger partial charge is 0.421 e. The van der Waals surface area contributed by atoms with E-state index < -0.39 is 22.3 Å². The highest BCUT2D eigenvalue weighted by atomic mass is 79.9. The fraction of sp³-hybridized carbons (Fsp3) is 0.192. The molecule has 7 heteroatoms. The number of nitrogens with zero attached hydrogens (tertiary/aromatic N) is 2. The number of ether oxygens (including phenoxy) is 1. The molecule has 0 bridgehead atoms. The predicted molar refractivity (Wildman–Crippen MR) is 127 cm³/mol. The van der Waals surface area contributed by atoms with E-state index in [1.807, 2.05) is 48.5 Å². The van der Waals surface area contributed by atoms with Crippen molar-refractivity contribution < 1.29 is 14.5 Å². The van der Waals surface area contributed by atoms with Crippen LogP contribution in [0.4, 0.5) is 0 Å². The molecule has 0 unspecified atom stereocenters. The first-order valence-electron chi connectivity index (χ1n) is 10.8. The van der Waals surface area contributed by atoms with E-state index in [0.717, 1.165) is 32.2 Å². The highest BCUT2D eigenvalue weighted by molar-refractivity contribution is 9.10. The van der Waals surface area contributed by atoms with Gasteiger partial charge in [0.1, 0.15) is 5.75 Å². The Labute approximate surface area is 198 Å². The lowest BCUT2D eigenvalue weighted by molar-refractivity contribution is -0.560. The molecule has 6 rings (SSSR count). The van der Waals surface area contributed by atoms with Crippen LogP contribution in [0, 0.1) is 10.1 Å².